The highest BCUT2D eigenvalue weighted by molar-refractivity contribution is 7.92. The third kappa shape index (κ3) is 3.82. The standard InChI is InChI=1S/C16H17N3O5S/c1-3-14-17-18-16(24-14)13-9-10-15(23-13)25(20,21)19-11-5-7-12(8-6-11)22-4-2/h5-10,19H,3-4H2,1-2H3. The first-order valence-electron chi connectivity index (χ1n) is 7.70. The third-order valence-corrected chi connectivity index (χ3v) is 4.50. The van der Waals surface area contributed by atoms with Gasteiger partial charge in [-0.3, -0.25) is 4.72 Å². The Morgan fingerprint density at radius 2 is 1.80 bits per heavy atom. The number of benzene rings is 1. The van der Waals surface area contributed by atoms with Crippen LogP contribution in [-0.2, 0) is 16.4 Å². The van der Waals surface area contributed by atoms with Crippen LogP contribution in [0.15, 0.2) is 50.3 Å². The lowest BCUT2D eigenvalue weighted by atomic mass is 10.3. The van der Waals surface area contributed by atoms with Crippen LogP contribution in [-0.4, -0.2) is 25.2 Å². The van der Waals surface area contributed by atoms with Gasteiger partial charge in [-0.1, -0.05) is 6.92 Å². The number of nitrogens with zero attached hydrogens (tertiary/aromatic N) is 2. The second kappa shape index (κ2) is 6.98. The van der Waals surface area contributed by atoms with E-state index in [1.165, 1.54) is 12.1 Å². The molecule has 1 aromatic carbocycles. The topological polar surface area (TPSA) is 107 Å². The number of furan rings is 1. The molecule has 0 aliphatic heterocycles. The fourth-order valence-corrected chi connectivity index (χ4v) is 3.06. The van der Waals surface area contributed by atoms with Gasteiger partial charge in [0.05, 0.1) is 6.61 Å². The van der Waals surface area contributed by atoms with Gasteiger partial charge in [-0.25, -0.2) is 0 Å². The molecule has 132 valence electrons. The minimum Gasteiger partial charge on any atom is -0.494 e. The van der Waals surface area contributed by atoms with Crippen LogP contribution < -0.4 is 9.46 Å². The van der Waals surface area contributed by atoms with Crippen molar-refractivity contribution >= 4 is 15.7 Å². The van der Waals surface area contributed by atoms with Gasteiger partial charge < -0.3 is 13.6 Å². The molecule has 2 heterocycles. The maximum Gasteiger partial charge on any atom is 0.295 e. The number of nitrogens with one attached hydrogen (secondary N) is 1. The van der Waals surface area contributed by atoms with Gasteiger partial charge in [0.25, 0.3) is 15.9 Å². The molecule has 2 aromatic heterocycles. The maximum absolute atomic E-state index is 12.4. The quantitative estimate of drug-likeness (QED) is 0.687. The highest BCUT2D eigenvalue weighted by atomic mass is 32.2. The average Bonchev–Trinajstić information content (AvgIpc) is 3.26. The van der Waals surface area contributed by atoms with E-state index in [1.54, 1.807) is 24.3 Å². The fourth-order valence-electron chi connectivity index (χ4n) is 2.07. The Kier molecular flexibility index (Phi) is 4.75. The Hall–Kier alpha value is -2.81. The summed E-state index contributed by atoms with van der Waals surface area (Å²) in [6, 6.07) is 9.39. The van der Waals surface area contributed by atoms with Crippen LogP contribution in [0.2, 0.25) is 0 Å². The molecule has 25 heavy (non-hydrogen) atoms. The lowest BCUT2D eigenvalue weighted by Crippen LogP contribution is -2.11. The van der Waals surface area contributed by atoms with E-state index in [2.05, 4.69) is 14.9 Å². The molecule has 0 unspecified atom stereocenters. The molecular weight excluding hydrogens is 346 g/mol. The molecule has 0 saturated heterocycles. The van der Waals surface area contributed by atoms with Crippen LogP contribution in [0.5, 0.6) is 5.75 Å². The molecular formula is C16H17N3O5S. The van der Waals surface area contributed by atoms with Crippen molar-refractivity contribution in [2.75, 3.05) is 11.3 Å². The van der Waals surface area contributed by atoms with Gasteiger partial charge in [0.15, 0.2) is 5.76 Å². The van der Waals surface area contributed by atoms with Gasteiger partial charge in [-0.2, -0.15) is 8.42 Å². The molecule has 3 aromatic rings. The molecule has 0 aliphatic rings. The van der Waals surface area contributed by atoms with E-state index in [0.717, 1.165) is 0 Å². The van der Waals surface area contributed by atoms with E-state index in [0.29, 0.717) is 30.4 Å². The van der Waals surface area contributed by atoms with Crippen LogP contribution in [0.25, 0.3) is 11.7 Å². The summed E-state index contributed by atoms with van der Waals surface area (Å²) >= 11 is 0. The molecule has 9 heteroatoms. The Morgan fingerprint density at radius 1 is 1.04 bits per heavy atom. The SMILES string of the molecule is CCOc1ccc(NS(=O)(=O)c2ccc(-c3nnc(CC)o3)o2)cc1. The monoisotopic (exact) mass is 363 g/mol. The van der Waals surface area contributed by atoms with Gasteiger partial charge in [0.1, 0.15) is 5.75 Å². The molecule has 0 fully saturated rings. The van der Waals surface area contributed by atoms with Crippen molar-refractivity contribution in [1.29, 1.82) is 0 Å². The zero-order chi connectivity index (χ0) is 17.9. The van der Waals surface area contributed by atoms with Crippen molar-refractivity contribution in [1.82, 2.24) is 10.2 Å². The van der Waals surface area contributed by atoms with Gasteiger partial charge in [0, 0.05) is 12.1 Å². The highest BCUT2D eigenvalue weighted by Crippen LogP contribution is 2.25. The molecule has 1 N–H and O–H groups in total. The smallest absolute Gasteiger partial charge is 0.295 e. The minimum atomic E-state index is -3.87. The predicted octanol–water partition coefficient (Wildman–Crippen LogP) is 3.09. The lowest BCUT2D eigenvalue weighted by molar-refractivity contribution is 0.340. The first-order chi connectivity index (χ1) is 12.0. The largest absolute Gasteiger partial charge is 0.494 e. The van der Waals surface area contributed by atoms with Crippen molar-refractivity contribution in [3.8, 4) is 17.4 Å². The summed E-state index contributed by atoms with van der Waals surface area (Å²) in [5, 5.41) is 7.40. The van der Waals surface area contributed by atoms with E-state index in [1.807, 2.05) is 13.8 Å². The summed E-state index contributed by atoms with van der Waals surface area (Å²) in [4.78, 5) is 0. The molecule has 0 atom stereocenters. The molecule has 0 aliphatic carbocycles. The van der Waals surface area contributed by atoms with Gasteiger partial charge in [-0.15, -0.1) is 10.2 Å². The van der Waals surface area contributed by atoms with Crippen LogP contribution in [0.1, 0.15) is 19.7 Å². The van der Waals surface area contributed by atoms with Gasteiger partial charge in [0.2, 0.25) is 11.0 Å². The second-order valence-corrected chi connectivity index (χ2v) is 6.65. The number of aryl methyl sites for hydroxylation is 1. The van der Waals surface area contributed by atoms with E-state index >= 15 is 0 Å². The summed E-state index contributed by atoms with van der Waals surface area (Å²) in [6.07, 6.45) is 0.582. The summed E-state index contributed by atoms with van der Waals surface area (Å²) < 4.78 is 43.3. The van der Waals surface area contributed by atoms with Crippen molar-refractivity contribution in [2.24, 2.45) is 0 Å². The number of ether oxygens (including phenoxy) is 1. The van der Waals surface area contributed by atoms with Crippen molar-refractivity contribution in [2.45, 2.75) is 25.4 Å². The first-order valence-corrected chi connectivity index (χ1v) is 9.18. The van der Waals surface area contributed by atoms with Crippen molar-refractivity contribution in [3.05, 3.63) is 42.3 Å². The fraction of sp³-hybridized carbons (Fsp3) is 0.250. The molecule has 0 spiro atoms. The average molecular weight is 363 g/mol. The first kappa shape index (κ1) is 17.0. The number of aromatic nitrogens is 2. The Labute approximate surface area is 144 Å². The Balaban J connectivity index is 1.78. The molecule has 3 rings (SSSR count). The highest BCUT2D eigenvalue weighted by Gasteiger charge is 2.21. The second-order valence-electron chi connectivity index (χ2n) is 5.04. The zero-order valence-corrected chi connectivity index (χ0v) is 14.5. The molecule has 0 radical (unpaired) electrons. The summed E-state index contributed by atoms with van der Waals surface area (Å²) in [5.41, 5.74) is 0.396. The number of hydrogen-bond acceptors (Lipinski definition) is 7. The van der Waals surface area contributed by atoms with E-state index in [9.17, 15) is 8.42 Å². The maximum atomic E-state index is 12.4. The molecule has 0 bridgehead atoms. The van der Waals surface area contributed by atoms with Crippen LogP contribution in [0.4, 0.5) is 5.69 Å². The van der Waals surface area contributed by atoms with E-state index in [-0.39, 0.29) is 16.7 Å². The number of anilines is 1. The van der Waals surface area contributed by atoms with Gasteiger partial charge in [-0.05, 0) is 43.3 Å². The Morgan fingerprint density at radius 3 is 2.44 bits per heavy atom. The van der Waals surface area contributed by atoms with Crippen LogP contribution in [0, 0.1) is 0 Å². The molecule has 8 nitrogen and oxygen atoms in total. The van der Waals surface area contributed by atoms with Crippen molar-refractivity contribution in [3.63, 3.8) is 0 Å². The van der Waals surface area contributed by atoms with Crippen LogP contribution >= 0.6 is 0 Å². The van der Waals surface area contributed by atoms with Crippen molar-refractivity contribution < 1.29 is 22.0 Å². The third-order valence-electron chi connectivity index (χ3n) is 3.24. The van der Waals surface area contributed by atoms with Gasteiger partial charge >= 0.3 is 0 Å². The number of hydrogen-bond donors (Lipinski definition) is 1. The zero-order valence-electron chi connectivity index (χ0n) is 13.7. The molecule has 0 amide bonds. The summed E-state index contributed by atoms with van der Waals surface area (Å²) in [6.45, 7) is 4.28. The van der Waals surface area contributed by atoms with Crippen LogP contribution in [0.3, 0.4) is 0 Å². The Bertz CT molecular complexity index is 944. The number of sulfonamides is 1. The molecule has 0 saturated carbocycles. The lowest BCUT2D eigenvalue weighted by Gasteiger charge is -2.07. The normalized spacial score (nSPS) is 11.4. The number of rotatable bonds is 7. The minimum absolute atomic E-state index is 0.138. The summed E-state index contributed by atoms with van der Waals surface area (Å²) in [7, 11) is -3.87. The van der Waals surface area contributed by atoms with E-state index < -0.39 is 10.0 Å². The van der Waals surface area contributed by atoms with E-state index in [4.69, 9.17) is 13.6 Å². The summed E-state index contributed by atoms with van der Waals surface area (Å²) in [5.74, 6) is 1.44. The predicted molar refractivity (Wildman–Crippen MR) is 89.8 cm³/mol.